The molecule has 2 aromatic carbocycles. The van der Waals surface area contributed by atoms with E-state index in [4.69, 9.17) is 5.26 Å². The Labute approximate surface area is 98.5 Å². The van der Waals surface area contributed by atoms with E-state index in [0.29, 0.717) is 0 Å². The largest absolute Gasteiger partial charge is 0.354 e. The summed E-state index contributed by atoms with van der Waals surface area (Å²) in [5.41, 5.74) is 4.83. The quantitative estimate of drug-likeness (QED) is 0.616. The van der Waals surface area contributed by atoms with Crippen molar-refractivity contribution in [2.45, 2.75) is 12.3 Å². The van der Waals surface area contributed by atoms with Gasteiger partial charge in [-0.25, -0.2) is 0 Å². The molecule has 80 valence electrons. The van der Waals surface area contributed by atoms with Crippen molar-refractivity contribution in [3.05, 3.63) is 47.5 Å². The van der Waals surface area contributed by atoms with Crippen LogP contribution >= 0.6 is 0 Å². The topological polar surface area (TPSA) is 39.6 Å². The molecule has 1 atom stereocenters. The molecule has 0 saturated heterocycles. The zero-order chi connectivity index (χ0) is 11.4. The number of nitriles is 1. The van der Waals surface area contributed by atoms with Gasteiger partial charge in [-0.05, 0) is 23.6 Å². The highest BCUT2D eigenvalue weighted by Crippen LogP contribution is 2.41. The molecule has 1 heterocycles. The van der Waals surface area contributed by atoms with Gasteiger partial charge in [0.15, 0.2) is 0 Å². The molecule has 1 aliphatic carbocycles. The second kappa shape index (κ2) is 2.89. The number of nitrogens with one attached hydrogen (secondary N) is 1. The van der Waals surface area contributed by atoms with Crippen LogP contribution in [-0.4, -0.2) is 4.98 Å². The fraction of sp³-hybridized carbons (Fsp3) is 0.133. The minimum atomic E-state index is 0.0711. The van der Waals surface area contributed by atoms with Crippen LogP contribution in [0.25, 0.3) is 21.8 Å². The average molecular weight is 218 g/mol. The van der Waals surface area contributed by atoms with E-state index in [1.165, 1.54) is 21.9 Å². The van der Waals surface area contributed by atoms with Crippen LogP contribution in [0.1, 0.15) is 17.0 Å². The lowest BCUT2D eigenvalue weighted by Gasteiger charge is -2.25. The van der Waals surface area contributed by atoms with Gasteiger partial charge in [-0.3, -0.25) is 0 Å². The molecule has 17 heavy (non-hydrogen) atoms. The van der Waals surface area contributed by atoms with Crippen LogP contribution in [0.4, 0.5) is 0 Å². The molecule has 0 spiro atoms. The molecular formula is C15H10N2. The molecule has 1 aromatic heterocycles. The molecule has 1 aliphatic rings. The molecule has 0 fully saturated rings. The first-order valence-electron chi connectivity index (χ1n) is 5.80. The van der Waals surface area contributed by atoms with Crippen molar-refractivity contribution in [2.75, 3.05) is 0 Å². The van der Waals surface area contributed by atoms with E-state index in [2.05, 4.69) is 41.4 Å². The summed E-state index contributed by atoms with van der Waals surface area (Å²) in [7, 11) is 0. The maximum Gasteiger partial charge on any atom is 0.0776 e. The number of fused-ring (bicyclic) bond motifs is 5. The third-order valence-corrected chi connectivity index (χ3v) is 3.74. The van der Waals surface area contributed by atoms with Crippen LogP contribution in [0.5, 0.6) is 0 Å². The highest BCUT2D eigenvalue weighted by Gasteiger charge is 2.29. The Kier molecular flexibility index (Phi) is 1.50. The van der Waals surface area contributed by atoms with Gasteiger partial charge in [-0.15, -0.1) is 0 Å². The highest BCUT2D eigenvalue weighted by atomic mass is 14.7. The number of benzene rings is 2. The molecule has 1 N–H and O–H groups in total. The summed E-state index contributed by atoms with van der Waals surface area (Å²) in [6, 6.07) is 15.0. The maximum absolute atomic E-state index is 9.10. The third kappa shape index (κ3) is 0.988. The van der Waals surface area contributed by atoms with Crippen molar-refractivity contribution in [2.24, 2.45) is 0 Å². The molecule has 4 rings (SSSR count). The molecule has 2 nitrogen and oxygen atoms in total. The van der Waals surface area contributed by atoms with Crippen LogP contribution in [0.2, 0.25) is 0 Å². The number of hydrogen-bond acceptors (Lipinski definition) is 1. The number of hydrogen-bond donors (Lipinski definition) is 1. The smallest absolute Gasteiger partial charge is 0.0776 e. The Hall–Kier alpha value is -2.27. The molecule has 0 saturated carbocycles. The monoisotopic (exact) mass is 218 g/mol. The zero-order valence-electron chi connectivity index (χ0n) is 9.20. The van der Waals surface area contributed by atoms with Gasteiger partial charge >= 0.3 is 0 Å². The van der Waals surface area contributed by atoms with Crippen LogP contribution < -0.4 is 0 Å². The first kappa shape index (κ1) is 8.83. The van der Waals surface area contributed by atoms with E-state index in [1.54, 1.807) is 0 Å². The average Bonchev–Trinajstić information content (AvgIpc) is 2.67. The molecule has 0 radical (unpaired) electrons. The predicted molar refractivity (Wildman–Crippen MR) is 67.9 cm³/mol. The van der Waals surface area contributed by atoms with Crippen molar-refractivity contribution in [3.8, 4) is 6.07 Å². The molecule has 1 unspecified atom stereocenters. The normalized spacial score (nSPS) is 17.7. The number of rotatable bonds is 0. The van der Waals surface area contributed by atoms with Crippen LogP contribution in [0.15, 0.2) is 36.4 Å². The first-order chi connectivity index (χ1) is 8.38. The first-order valence-corrected chi connectivity index (χ1v) is 5.80. The van der Waals surface area contributed by atoms with Gasteiger partial charge in [0.25, 0.3) is 0 Å². The summed E-state index contributed by atoms with van der Waals surface area (Å²) >= 11 is 0. The SMILES string of the molecule is N#CC1Cc2ccc3c([nH]c4ccccc43)c21. The summed E-state index contributed by atoms with van der Waals surface area (Å²) in [6.45, 7) is 0. The fourth-order valence-corrected chi connectivity index (χ4v) is 2.86. The van der Waals surface area contributed by atoms with Gasteiger partial charge in [0, 0.05) is 16.3 Å². The molecular weight excluding hydrogens is 208 g/mol. The van der Waals surface area contributed by atoms with Crippen LogP contribution in [0, 0.1) is 11.3 Å². The molecule has 0 bridgehead atoms. The highest BCUT2D eigenvalue weighted by molar-refractivity contribution is 6.09. The van der Waals surface area contributed by atoms with Crippen LogP contribution in [0.3, 0.4) is 0 Å². The predicted octanol–water partition coefficient (Wildman–Crippen LogP) is 3.48. The number of aromatic amines is 1. The molecule has 3 aromatic rings. The Morgan fingerprint density at radius 2 is 2.00 bits per heavy atom. The summed E-state index contributed by atoms with van der Waals surface area (Å²) in [5, 5.41) is 11.6. The van der Waals surface area contributed by atoms with E-state index >= 15 is 0 Å². The Bertz CT molecular complexity index is 790. The molecule has 0 aliphatic heterocycles. The van der Waals surface area contributed by atoms with E-state index in [1.807, 2.05) is 6.07 Å². The summed E-state index contributed by atoms with van der Waals surface area (Å²) < 4.78 is 0. The number of aromatic nitrogens is 1. The van der Waals surface area contributed by atoms with E-state index < -0.39 is 0 Å². The van der Waals surface area contributed by atoms with Gasteiger partial charge in [-0.2, -0.15) is 5.26 Å². The van der Waals surface area contributed by atoms with Crippen molar-refractivity contribution in [1.82, 2.24) is 4.98 Å². The second-order valence-electron chi connectivity index (χ2n) is 4.62. The van der Waals surface area contributed by atoms with Gasteiger partial charge in [-0.1, -0.05) is 30.3 Å². The Balaban J connectivity index is 2.19. The zero-order valence-corrected chi connectivity index (χ0v) is 9.20. The minimum absolute atomic E-state index is 0.0711. The van der Waals surface area contributed by atoms with Crippen molar-refractivity contribution in [3.63, 3.8) is 0 Å². The van der Waals surface area contributed by atoms with Crippen LogP contribution in [-0.2, 0) is 6.42 Å². The van der Waals surface area contributed by atoms with E-state index in [-0.39, 0.29) is 5.92 Å². The van der Waals surface area contributed by atoms with E-state index in [9.17, 15) is 0 Å². The maximum atomic E-state index is 9.10. The Morgan fingerprint density at radius 3 is 2.88 bits per heavy atom. The number of nitrogens with zero attached hydrogens (tertiary/aromatic N) is 1. The van der Waals surface area contributed by atoms with Gasteiger partial charge in [0.05, 0.1) is 17.5 Å². The summed E-state index contributed by atoms with van der Waals surface area (Å²) in [4.78, 5) is 3.45. The lowest BCUT2D eigenvalue weighted by atomic mass is 9.77. The fourth-order valence-electron chi connectivity index (χ4n) is 2.86. The van der Waals surface area contributed by atoms with Gasteiger partial charge in [0.1, 0.15) is 0 Å². The van der Waals surface area contributed by atoms with Crippen molar-refractivity contribution >= 4 is 21.8 Å². The van der Waals surface area contributed by atoms with Crippen molar-refractivity contribution < 1.29 is 0 Å². The van der Waals surface area contributed by atoms with E-state index in [0.717, 1.165) is 17.5 Å². The second-order valence-corrected chi connectivity index (χ2v) is 4.62. The molecule has 0 amide bonds. The lowest BCUT2D eigenvalue weighted by Crippen LogP contribution is -2.15. The number of para-hydroxylation sites is 1. The summed E-state index contributed by atoms with van der Waals surface area (Å²) in [6.07, 6.45) is 0.900. The van der Waals surface area contributed by atoms with Crippen molar-refractivity contribution in [1.29, 1.82) is 5.26 Å². The van der Waals surface area contributed by atoms with Gasteiger partial charge < -0.3 is 4.98 Å². The summed E-state index contributed by atoms with van der Waals surface area (Å²) in [5.74, 6) is 0.0711. The Morgan fingerprint density at radius 1 is 1.12 bits per heavy atom. The standard InChI is InChI=1S/C15H10N2/c16-8-10-7-9-5-6-12-11-3-1-2-4-13(11)17-15(12)14(9)10/h1-6,10,17H,7H2. The minimum Gasteiger partial charge on any atom is -0.354 e. The molecule has 2 heteroatoms. The van der Waals surface area contributed by atoms with Gasteiger partial charge in [0.2, 0.25) is 0 Å². The third-order valence-electron chi connectivity index (χ3n) is 3.74. The number of H-pyrrole nitrogens is 1. The lowest BCUT2D eigenvalue weighted by molar-refractivity contribution is 0.753.